The Kier molecular flexibility index (Phi) is 4.84. The number of hydrogen-bond acceptors (Lipinski definition) is 3. The van der Waals surface area contributed by atoms with Crippen molar-refractivity contribution in [3.63, 3.8) is 0 Å². The number of hydrogen-bond donors (Lipinski definition) is 2. The average Bonchev–Trinajstić information content (AvgIpc) is 3.18. The molecule has 1 unspecified atom stereocenters. The van der Waals surface area contributed by atoms with Crippen molar-refractivity contribution < 1.29 is 18.4 Å². The van der Waals surface area contributed by atoms with Gasteiger partial charge in [0.2, 0.25) is 5.91 Å². The number of amides is 2. The number of aromatic nitrogens is 2. The number of benzene rings is 2. The lowest BCUT2D eigenvalue weighted by Gasteiger charge is -2.10. The average molecular weight is 396 g/mol. The number of carbonyl (C=O) groups excluding carboxylic acids is 2. The van der Waals surface area contributed by atoms with Gasteiger partial charge in [0.15, 0.2) is 0 Å². The normalized spacial score (nSPS) is 15.1. The van der Waals surface area contributed by atoms with Crippen molar-refractivity contribution in [1.82, 2.24) is 9.78 Å². The molecule has 0 spiro atoms. The maximum absolute atomic E-state index is 13.3. The van der Waals surface area contributed by atoms with E-state index in [1.54, 1.807) is 18.2 Å². The van der Waals surface area contributed by atoms with Gasteiger partial charge in [-0.2, -0.15) is 5.10 Å². The third-order valence-corrected chi connectivity index (χ3v) is 4.78. The monoisotopic (exact) mass is 396 g/mol. The van der Waals surface area contributed by atoms with E-state index in [2.05, 4.69) is 15.7 Å². The van der Waals surface area contributed by atoms with Crippen LogP contribution in [0.25, 0.3) is 11.1 Å². The number of rotatable bonds is 5. The third kappa shape index (κ3) is 3.61. The summed E-state index contributed by atoms with van der Waals surface area (Å²) in [5.41, 5.74) is 2.50. The summed E-state index contributed by atoms with van der Waals surface area (Å²) in [6.45, 7) is 1.93. The molecule has 2 N–H and O–H groups in total. The quantitative estimate of drug-likeness (QED) is 0.687. The fourth-order valence-electron chi connectivity index (χ4n) is 3.44. The Morgan fingerprint density at radius 3 is 2.62 bits per heavy atom. The number of aryl methyl sites for hydroxylation is 1. The second kappa shape index (κ2) is 7.46. The zero-order valence-electron chi connectivity index (χ0n) is 15.6. The van der Waals surface area contributed by atoms with Gasteiger partial charge in [0.05, 0.1) is 12.1 Å². The number of nitrogens with zero attached hydrogens (tertiary/aromatic N) is 2. The van der Waals surface area contributed by atoms with E-state index < -0.39 is 17.8 Å². The van der Waals surface area contributed by atoms with Crippen LogP contribution < -0.4 is 10.6 Å². The van der Waals surface area contributed by atoms with Gasteiger partial charge in [0.25, 0.3) is 5.91 Å². The lowest BCUT2D eigenvalue weighted by Crippen LogP contribution is -2.24. The molecule has 1 aliphatic heterocycles. The maximum Gasteiger partial charge on any atom is 0.251 e. The summed E-state index contributed by atoms with van der Waals surface area (Å²) in [5, 5.41) is 9.90. The highest BCUT2D eigenvalue weighted by Gasteiger charge is 2.36. The lowest BCUT2D eigenvalue weighted by atomic mass is 10.0. The van der Waals surface area contributed by atoms with Gasteiger partial charge >= 0.3 is 0 Å². The van der Waals surface area contributed by atoms with E-state index >= 15 is 0 Å². The highest BCUT2D eigenvalue weighted by atomic mass is 19.1. The van der Waals surface area contributed by atoms with E-state index in [0.29, 0.717) is 23.5 Å². The standard InChI is InChI=1S/C21H18F2N4O2/c1-2-16-19(12-6-8-13(22)9-7-12)20-25-21(29)17(27(20)26-16)11-18(28)24-15-5-3-4-14(23)10-15/h3-10,17H,2,11H2,1H3,(H,24,28)(H,25,29). The van der Waals surface area contributed by atoms with Crippen molar-refractivity contribution in [1.29, 1.82) is 0 Å². The minimum Gasteiger partial charge on any atom is -0.326 e. The molecule has 0 aliphatic carbocycles. The SMILES string of the molecule is CCc1nn2c(c1-c1ccc(F)cc1)NC(=O)C2CC(=O)Nc1cccc(F)c1. The van der Waals surface area contributed by atoms with Gasteiger partial charge in [0.1, 0.15) is 23.5 Å². The minimum absolute atomic E-state index is 0.150. The molecule has 29 heavy (non-hydrogen) atoms. The summed E-state index contributed by atoms with van der Waals surface area (Å²) < 4.78 is 28.1. The molecule has 0 bridgehead atoms. The van der Waals surface area contributed by atoms with Crippen LogP contribution in [-0.2, 0) is 16.0 Å². The first-order chi connectivity index (χ1) is 14.0. The summed E-state index contributed by atoms with van der Waals surface area (Å²) >= 11 is 0. The number of fused-ring (bicyclic) bond motifs is 1. The molecule has 2 heterocycles. The first kappa shape index (κ1) is 18.8. The minimum atomic E-state index is -0.821. The summed E-state index contributed by atoms with van der Waals surface area (Å²) in [7, 11) is 0. The Labute approximate surface area is 165 Å². The highest BCUT2D eigenvalue weighted by molar-refractivity contribution is 6.04. The van der Waals surface area contributed by atoms with Crippen LogP contribution in [0.4, 0.5) is 20.3 Å². The van der Waals surface area contributed by atoms with E-state index in [1.165, 1.54) is 35.0 Å². The van der Waals surface area contributed by atoms with Gasteiger partial charge in [-0.3, -0.25) is 9.59 Å². The van der Waals surface area contributed by atoms with Crippen molar-refractivity contribution in [3.05, 3.63) is 65.9 Å². The van der Waals surface area contributed by atoms with Crippen LogP contribution in [0.3, 0.4) is 0 Å². The molecule has 1 aromatic heterocycles. The zero-order chi connectivity index (χ0) is 20.5. The van der Waals surface area contributed by atoms with Gasteiger partial charge in [-0.1, -0.05) is 25.1 Å². The Balaban J connectivity index is 1.61. The fourth-order valence-corrected chi connectivity index (χ4v) is 3.44. The van der Waals surface area contributed by atoms with E-state index in [9.17, 15) is 18.4 Å². The molecule has 0 saturated carbocycles. The second-order valence-electron chi connectivity index (χ2n) is 6.74. The van der Waals surface area contributed by atoms with Gasteiger partial charge < -0.3 is 10.6 Å². The Hall–Kier alpha value is -3.55. The summed E-state index contributed by atoms with van der Waals surface area (Å²) in [5.74, 6) is -1.12. The molecule has 0 fully saturated rings. The summed E-state index contributed by atoms with van der Waals surface area (Å²) in [6.07, 6.45) is 0.452. The predicted molar refractivity (Wildman–Crippen MR) is 104 cm³/mol. The molecule has 0 radical (unpaired) electrons. The van der Waals surface area contributed by atoms with Crippen LogP contribution in [0.15, 0.2) is 48.5 Å². The maximum atomic E-state index is 13.3. The topological polar surface area (TPSA) is 76.0 Å². The molecule has 2 aromatic carbocycles. The van der Waals surface area contributed by atoms with Gasteiger partial charge in [-0.05, 0) is 42.3 Å². The highest BCUT2D eigenvalue weighted by Crippen LogP contribution is 2.38. The smallest absolute Gasteiger partial charge is 0.251 e. The Morgan fingerprint density at radius 1 is 1.17 bits per heavy atom. The summed E-state index contributed by atoms with van der Waals surface area (Å²) in [4.78, 5) is 24.9. The van der Waals surface area contributed by atoms with Crippen molar-refractivity contribution in [2.75, 3.05) is 10.6 Å². The first-order valence-corrected chi connectivity index (χ1v) is 9.20. The molecule has 2 amide bonds. The summed E-state index contributed by atoms with van der Waals surface area (Å²) in [6, 6.07) is 10.7. The van der Waals surface area contributed by atoms with Crippen molar-refractivity contribution in [2.24, 2.45) is 0 Å². The number of nitrogens with one attached hydrogen (secondary N) is 2. The van der Waals surface area contributed by atoms with Crippen LogP contribution in [-0.4, -0.2) is 21.6 Å². The van der Waals surface area contributed by atoms with Crippen molar-refractivity contribution >= 4 is 23.3 Å². The lowest BCUT2D eigenvalue weighted by molar-refractivity contribution is -0.123. The molecule has 6 nitrogen and oxygen atoms in total. The molecule has 4 rings (SSSR count). The molecule has 3 aromatic rings. The molecule has 0 saturated heterocycles. The van der Waals surface area contributed by atoms with Gasteiger partial charge in [0, 0.05) is 11.3 Å². The molecule has 1 atom stereocenters. The molecule has 8 heteroatoms. The number of halogens is 2. The van der Waals surface area contributed by atoms with Gasteiger partial charge in [-0.15, -0.1) is 0 Å². The predicted octanol–water partition coefficient (Wildman–Crippen LogP) is 3.91. The molecular weight excluding hydrogens is 378 g/mol. The third-order valence-electron chi connectivity index (χ3n) is 4.78. The molecule has 148 valence electrons. The van der Waals surface area contributed by atoms with Crippen molar-refractivity contribution in [3.8, 4) is 11.1 Å². The van der Waals surface area contributed by atoms with Crippen molar-refractivity contribution in [2.45, 2.75) is 25.8 Å². The Bertz CT molecular complexity index is 1090. The fraction of sp³-hybridized carbons (Fsp3) is 0.190. The van der Waals surface area contributed by atoms with Crippen LogP contribution in [0.2, 0.25) is 0 Å². The Morgan fingerprint density at radius 2 is 1.93 bits per heavy atom. The largest absolute Gasteiger partial charge is 0.326 e. The first-order valence-electron chi connectivity index (χ1n) is 9.20. The van der Waals surface area contributed by atoms with Crippen LogP contribution in [0.5, 0.6) is 0 Å². The van der Waals surface area contributed by atoms with E-state index in [4.69, 9.17) is 0 Å². The number of anilines is 2. The molecular formula is C21H18F2N4O2. The van der Waals surface area contributed by atoms with E-state index in [1.807, 2.05) is 6.92 Å². The molecule has 1 aliphatic rings. The van der Waals surface area contributed by atoms with Crippen LogP contribution in [0, 0.1) is 11.6 Å². The second-order valence-corrected chi connectivity index (χ2v) is 6.74. The number of carbonyl (C=O) groups is 2. The van der Waals surface area contributed by atoms with Crippen LogP contribution in [0.1, 0.15) is 25.1 Å². The van der Waals surface area contributed by atoms with Crippen LogP contribution >= 0.6 is 0 Å². The zero-order valence-corrected chi connectivity index (χ0v) is 15.6. The van der Waals surface area contributed by atoms with E-state index in [-0.39, 0.29) is 18.1 Å². The van der Waals surface area contributed by atoms with Gasteiger partial charge in [-0.25, -0.2) is 13.5 Å². The van der Waals surface area contributed by atoms with E-state index in [0.717, 1.165) is 11.3 Å².